The number of benzene rings is 2. The maximum absolute atomic E-state index is 12.9. The van der Waals surface area contributed by atoms with Crippen molar-refractivity contribution in [1.29, 1.82) is 0 Å². The lowest BCUT2D eigenvalue weighted by molar-refractivity contribution is -0.137. The molecule has 1 heterocycles. The van der Waals surface area contributed by atoms with E-state index < -0.39 is 17.6 Å². The maximum Gasteiger partial charge on any atom is 0.416 e. The van der Waals surface area contributed by atoms with E-state index >= 15 is 0 Å². The second kappa shape index (κ2) is 10.3. The van der Waals surface area contributed by atoms with Gasteiger partial charge in [-0.15, -0.1) is 0 Å². The molecule has 3 rings (SSSR count). The van der Waals surface area contributed by atoms with Crippen molar-refractivity contribution in [3.63, 3.8) is 0 Å². The van der Waals surface area contributed by atoms with Gasteiger partial charge in [-0.1, -0.05) is 34.1 Å². The van der Waals surface area contributed by atoms with Gasteiger partial charge in [0.25, 0.3) is 11.8 Å². The van der Waals surface area contributed by atoms with Crippen LogP contribution in [0.15, 0.2) is 53.0 Å². The molecule has 6 nitrogen and oxygen atoms in total. The number of rotatable bonds is 5. The fourth-order valence-corrected chi connectivity index (χ4v) is 3.52. The van der Waals surface area contributed by atoms with Crippen molar-refractivity contribution >= 4 is 27.7 Å². The van der Waals surface area contributed by atoms with Crippen molar-refractivity contribution in [2.24, 2.45) is 0 Å². The molecule has 10 heteroatoms. The fraction of sp³-hybridized carbons (Fsp3) is 0.333. The molecule has 166 valence electrons. The summed E-state index contributed by atoms with van der Waals surface area (Å²) < 4.78 is 39.4. The van der Waals surface area contributed by atoms with Gasteiger partial charge in [-0.25, -0.2) is 0 Å². The highest BCUT2D eigenvalue weighted by atomic mass is 79.9. The number of piperazine rings is 1. The van der Waals surface area contributed by atoms with E-state index in [2.05, 4.69) is 31.7 Å². The standard InChI is InChI=1S/C21H22BrF3N4O2/c22-18-6-4-16(5-7-18)20(31)27-26-19(30)14-29-10-8-28(9-11-29)13-15-2-1-3-17(12-15)21(23,24)25/h1-7,12H,8-11,13-14H2,(H,26,30)(H,27,31). The summed E-state index contributed by atoms with van der Waals surface area (Å²) in [5.74, 6) is -0.747. The predicted octanol–water partition coefficient (Wildman–Crippen LogP) is 3.05. The summed E-state index contributed by atoms with van der Waals surface area (Å²) in [6, 6.07) is 12.1. The zero-order valence-electron chi connectivity index (χ0n) is 16.6. The Bertz CT molecular complexity index is 914. The van der Waals surface area contributed by atoms with E-state index in [4.69, 9.17) is 0 Å². The summed E-state index contributed by atoms with van der Waals surface area (Å²) in [4.78, 5) is 28.1. The van der Waals surface area contributed by atoms with Crippen molar-refractivity contribution in [2.75, 3.05) is 32.7 Å². The van der Waals surface area contributed by atoms with Crippen LogP contribution in [0.4, 0.5) is 13.2 Å². The minimum atomic E-state index is -4.35. The topological polar surface area (TPSA) is 64.7 Å². The Labute approximate surface area is 186 Å². The third-order valence-corrected chi connectivity index (χ3v) is 5.44. The Balaban J connectivity index is 1.40. The van der Waals surface area contributed by atoms with Gasteiger partial charge in [0.1, 0.15) is 0 Å². The quantitative estimate of drug-likeness (QED) is 0.622. The third kappa shape index (κ3) is 7.05. The van der Waals surface area contributed by atoms with Crippen molar-refractivity contribution in [3.05, 3.63) is 69.7 Å². The Morgan fingerprint density at radius 2 is 1.58 bits per heavy atom. The minimum absolute atomic E-state index is 0.123. The number of nitrogens with zero attached hydrogens (tertiary/aromatic N) is 2. The average Bonchev–Trinajstić information content (AvgIpc) is 2.73. The van der Waals surface area contributed by atoms with E-state index in [0.29, 0.717) is 43.9 Å². The highest BCUT2D eigenvalue weighted by Gasteiger charge is 2.30. The maximum atomic E-state index is 12.9. The molecule has 1 saturated heterocycles. The van der Waals surface area contributed by atoms with Gasteiger partial charge in [0.05, 0.1) is 12.1 Å². The second-order valence-electron chi connectivity index (χ2n) is 7.26. The number of carbonyl (C=O) groups excluding carboxylic acids is 2. The molecule has 1 fully saturated rings. The van der Waals surface area contributed by atoms with Crippen LogP contribution in [0.3, 0.4) is 0 Å². The lowest BCUT2D eigenvalue weighted by Crippen LogP contribution is -2.51. The van der Waals surface area contributed by atoms with Crippen LogP contribution in [-0.4, -0.2) is 54.3 Å². The van der Waals surface area contributed by atoms with Crippen LogP contribution in [0.1, 0.15) is 21.5 Å². The third-order valence-electron chi connectivity index (χ3n) is 4.91. The fourth-order valence-electron chi connectivity index (χ4n) is 3.25. The normalized spacial score (nSPS) is 15.5. The Kier molecular flexibility index (Phi) is 7.69. The zero-order valence-corrected chi connectivity index (χ0v) is 18.2. The van der Waals surface area contributed by atoms with Gasteiger partial charge in [-0.3, -0.25) is 30.2 Å². The molecule has 2 aromatic carbocycles. The van der Waals surface area contributed by atoms with Gasteiger partial charge in [0, 0.05) is 42.8 Å². The van der Waals surface area contributed by atoms with Crippen molar-refractivity contribution < 1.29 is 22.8 Å². The molecule has 0 radical (unpaired) electrons. The first-order valence-corrected chi connectivity index (χ1v) is 10.5. The van der Waals surface area contributed by atoms with Gasteiger partial charge < -0.3 is 0 Å². The number of nitrogens with one attached hydrogen (secondary N) is 2. The smallest absolute Gasteiger partial charge is 0.297 e. The molecule has 0 spiro atoms. The number of amides is 2. The molecule has 2 amide bonds. The Hall–Kier alpha value is -2.43. The van der Waals surface area contributed by atoms with Gasteiger partial charge in [-0.2, -0.15) is 13.2 Å². The van der Waals surface area contributed by atoms with Crippen LogP contribution < -0.4 is 10.9 Å². The Morgan fingerprint density at radius 3 is 2.23 bits per heavy atom. The largest absolute Gasteiger partial charge is 0.416 e. The first kappa shape index (κ1) is 23.2. The van der Waals surface area contributed by atoms with Crippen LogP contribution in [0, 0.1) is 0 Å². The van der Waals surface area contributed by atoms with Crippen LogP contribution in [-0.2, 0) is 17.5 Å². The van der Waals surface area contributed by atoms with Crippen LogP contribution in [0.5, 0.6) is 0 Å². The van der Waals surface area contributed by atoms with E-state index in [1.807, 2.05) is 4.90 Å². The number of halogens is 4. The van der Waals surface area contributed by atoms with Crippen LogP contribution in [0.2, 0.25) is 0 Å². The second-order valence-corrected chi connectivity index (χ2v) is 8.18. The predicted molar refractivity (Wildman–Crippen MR) is 113 cm³/mol. The summed E-state index contributed by atoms with van der Waals surface area (Å²) in [5.41, 5.74) is 5.17. The zero-order chi connectivity index (χ0) is 22.4. The molecule has 0 atom stereocenters. The molecule has 0 aliphatic carbocycles. The molecule has 0 bridgehead atoms. The summed E-state index contributed by atoms with van der Waals surface area (Å²) in [6.45, 7) is 3.02. The first-order chi connectivity index (χ1) is 14.7. The number of carbonyl (C=O) groups is 2. The van der Waals surface area contributed by atoms with Gasteiger partial charge >= 0.3 is 6.18 Å². The van der Waals surface area contributed by atoms with Crippen LogP contribution >= 0.6 is 15.9 Å². The molecule has 2 N–H and O–H groups in total. The van der Waals surface area contributed by atoms with Gasteiger partial charge in [0.2, 0.25) is 0 Å². The lowest BCUT2D eigenvalue weighted by atomic mass is 10.1. The van der Waals surface area contributed by atoms with E-state index in [9.17, 15) is 22.8 Å². The van der Waals surface area contributed by atoms with Crippen molar-refractivity contribution in [1.82, 2.24) is 20.7 Å². The lowest BCUT2D eigenvalue weighted by Gasteiger charge is -2.34. The van der Waals surface area contributed by atoms with Crippen LogP contribution in [0.25, 0.3) is 0 Å². The highest BCUT2D eigenvalue weighted by molar-refractivity contribution is 9.10. The molecular weight excluding hydrogens is 477 g/mol. The number of alkyl halides is 3. The summed E-state index contributed by atoms with van der Waals surface area (Å²) in [5, 5.41) is 0. The summed E-state index contributed by atoms with van der Waals surface area (Å²) in [6.07, 6.45) is -4.35. The molecule has 2 aromatic rings. The average molecular weight is 499 g/mol. The van der Waals surface area contributed by atoms with Crippen molar-refractivity contribution in [3.8, 4) is 0 Å². The number of hydrogen-bond donors (Lipinski definition) is 2. The van der Waals surface area contributed by atoms with Gasteiger partial charge in [-0.05, 0) is 35.9 Å². The van der Waals surface area contributed by atoms with Crippen molar-refractivity contribution in [2.45, 2.75) is 12.7 Å². The number of hydrazine groups is 1. The van der Waals surface area contributed by atoms with E-state index in [1.165, 1.54) is 12.1 Å². The molecule has 1 aliphatic rings. The first-order valence-electron chi connectivity index (χ1n) is 9.66. The Morgan fingerprint density at radius 1 is 0.935 bits per heavy atom. The SMILES string of the molecule is O=C(CN1CCN(Cc2cccc(C(F)(F)F)c2)CC1)NNC(=O)c1ccc(Br)cc1. The molecule has 0 unspecified atom stereocenters. The van der Waals surface area contributed by atoms with Gasteiger partial charge in [0.15, 0.2) is 0 Å². The summed E-state index contributed by atoms with van der Waals surface area (Å²) >= 11 is 3.29. The molecule has 0 saturated carbocycles. The molecule has 0 aromatic heterocycles. The van der Waals surface area contributed by atoms with E-state index in [1.54, 1.807) is 30.3 Å². The molecule has 1 aliphatic heterocycles. The van der Waals surface area contributed by atoms with E-state index in [0.717, 1.165) is 10.5 Å². The minimum Gasteiger partial charge on any atom is -0.297 e. The van der Waals surface area contributed by atoms with E-state index in [-0.39, 0.29) is 12.5 Å². The molecular formula is C21H22BrF3N4O2. The number of hydrogen-bond acceptors (Lipinski definition) is 4. The summed E-state index contributed by atoms with van der Waals surface area (Å²) in [7, 11) is 0. The monoisotopic (exact) mass is 498 g/mol. The highest BCUT2D eigenvalue weighted by Crippen LogP contribution is 2.29. The molecule has 31 heavy (non-hydrogen) atoms.